The van der Waals surface area contributed by atoms with Gasteiger partial charge >= 0.3 is 0 Å². The lowest BCUT2D eigenvalue weighted by Gasteiger charge is -2.38. The van der Waals surface area contributed by atoms with Gasteiger partial charge in [-0.1, -0.05) is 52.3 Å². The van der Waals surface area contributed by atoms with Crippen LogP contribution in [0.2, 0.25) is 0 Å². The molecule has 0 amide bonds. The maximum atomic E-state index is 6.29. The van der Waals surface area contributed by atoms with E-state index in [-0.39, 0.29) is 6.04 Å². The van der Waals surface area contributed by atoms with E-state index in [1.807, 2.05) is 0 Å². The summed E-state index contributed by atoms with van der Waals surface area (Å²) in [5, 5.41) is 0. The molecule has 21 heavy (non-hydrogen) atoms. The molecule has 0 bridgehead atoms. The highest BCUT2D eigenvalue weighted by Gasteiger charge is 2.25. The lowest BCUT2D eigenvalue weighted by Crippen LogP contribution is -2.47. The number of benzene rings is 2. The molecule has 0 spiro atoms. The molecule has 0 saturated carbocycles. The molecule has 0 aliphatic carbocycles. The Morgan fingerprint density at radius 2 is 1.86 bits per heavy atom. The number of rotatable bonds is 3. The molecule has 2 N–H and O–H groups in total. The molecule has 110 valence electrons. The van der Waals surface area contributed by atoms with Crippen LogP contribution < -0.4 is 10.6 Å². The van der Waals surface area contributed by atoms with E-state index in [4.69, 9.17) is 5.73 Å². The van der Waals surface area contributed by atoms with Crippen LogP contribution >= 0.6 is 15.9 Å². The summed E-state index contributed by atoms with van der Waals surface area (Å²) in [6, 6.07) is 19.5. The number of nitrogens with zero attached hydrogens (tertiary/aromatic N) is 1. The van der Waals surface area contributed by atoms with Crippen LogP contribution in [0.3, 0.4) is 0 Å². The van der Waals surface area contributed by atoms with E-state index in [9.17, 15) is 0 Å². The van der Waals surface area contributed by atoms with Crippen molar-refractivity contribution in [3.63, 3.8) is 0 Å². The summed E-state index contributed by atoms with van der Waals surface area (Å²) in [6.45, 7) is 2.03. The Bertz CT molecular complexity index is 585. The van der Waals surface area contributed by atoms with E-state index >= 15 is 0 Å². The Labute approximate surface area is 135 Å². The van der Waals surface area contributed by atoms with Crippen molar-refractivity contribution in [3.05, 3.63) is 64.6 Å². The van der Waals surface area contributed by atoms with Gasteiger partial charge in [-0.25, -0.2) is 0 Å². The van der Waals surface area contributed by atoms with Crippen molar-refractivity contribution in [2.75, 3.05) is 18.0 Å². The number of hydrogen-bond acceptors (Lipinski definition) is 2. The average Bonchev–Trinajstić information content (AvgIpc) is 2.48. The van der Waals surface area contributed by atoms with Crippen LogP contribution in [0.1, 0.15) is 12.0 Å². The first-order valence-electron chi connectivity index (χ1n) is 7.51. The summed E-state index contributed by atoms with van der Waals surface area (Å²) in [4.78, 5) is 2.42. The molecule has 1 fully saturated rings. The van der Waals surface area contributed by atoms with Crippen molar-refractivity contribution in [2.24, 2.45) is 11.7 Å². The van der Waals surface area contributed by atoms with E-state index in [0.29, 0.717) is 5.92 Å². The molecule has 2 aromatic carbocycles. The van der Waals surface area contributed by atoms with Crippen molar-refractivity contribution >= 4 is 21.6 Å². The monoisotopic (exact) mass is 344 g/mol. The van der Waals surface area contributed by atoms with Crippen LogP contribution in [-0.2, 0) is 6.42 Å². The largest absolute Gasteiger partial charge is 0.370 e. The zero-order valence-corrected chi connectivity index (χ0v) is 13.7. The van der Waals surface area contributed by atoms with Crippen LogP contribution in [0.4, 0.5) is 5.69 Å². The summed E-state index contributed by atoms with van der Waals surface area (Å²) >= 11 is 3.55. The Morgan fingerprint density at radius 1 is 1.05 bits per heavy atom. The molecule has 1 heterocycles. The third-order valence-corrected chi connectivity index (χ3v) is 4.60. The second-order valence-corrected chi connectivity index (χ2v) is 6.85. The van der Waals surface area contributed by atoms with E-state index in [1.54, 1.807) is 0 Å². The minimum absolute atomic E-state index is 0.256. The smallest absolute Gasteiger partial charge is 0.0378 e. The summed E-state index contributed by atoms with van der Waals surface area (Å²) in [5.41, 5.74) is 8.96. The Balaban J connectivity index is 1.72. The van der Waals surface area contributed by atoms with E-state index < -0.39 is 0 Å². The SMILES string of the molecule is NC1CC(Cc2ccccc2)CN(c2cccc(Br)c2)C1. The van der Waals surface area contributed by atoms with Crippen molar-refractivity contribution in [1.29, 1.82) is 0 Å². The molecule has 1 saturated heterocycles. The first-order valence-corrected chi connectivity index (χ1v) is 8.30. The molecule has 3 rings (SSSR count). The van der Waals surface area contributed by atoms with Crippen molar-refractivity contribution in [3.8, 4) is 0 Å². The fourth-order valence-electron chi connectivity index (χ4n) is 3.23. The van der Waals surface area contributed by atoms with Crippen molar-refractivity contribution in [1.82, 2.24) is 0 Å². The van der Waals surface area contributed by atoms with Gasteiger partial charge in [-0.2, -0.15) is 0 Å². The summed E-state index contributed by atoms with van der Waals surface area (Å²) in [7, 11) is 0. The highest BCUT2D eigenvalue weighted by molar-refractivity contribution is 9.10. The van der Waals surface area contributed by atoms with Crippen molar-refractivity contribution in [2.45, 2.75) is 18.9 Å². The fraction of sp³-hybridized carbons (Fsp3) is 0.333. The Kier molecular flexibility index (Phi) is 4.61. The minimum atomic E-state index is 0.256. The molecule has 2 unspecified atom stereocenters. The van der Waals surface area contributed by atoms with Crippen LogP contribution in [0.15, 0.2) is 59.1 Å². The predicted octanol–water partition coefficient (Wildman–Crippen LogP) is 3.85. The van der Waals surface area contributed by atoms with Gasteiger partial charge in [-0.3, -0.25) is 0 Å². The first kappa shape index (κ1) is 14.6. The minimum Gasteiger partial charge on any atom is -0.370 e. The van der Waals surface area contributed by atoms with Gasteiger partial charge in [0.2, 0.25) is 0 Å². The van der Waals surface area contributed by atoms with Gasteiger partial charge in [0.05, 0.1) is 0 Å². The van der Waals surface area contributed by atoms with Crippen LogP contribution in [0.5, 0.6) is 0 Å². The third kappa shape index (κ3) is 3.86. The highest BCUT2D eigenvalue weighted by Crippen LogP contribution is 2.27. The fourth-order valence-corrected chi connectivity index (χ4v) is 3.61. The molecule has 2 atom stereocenters. The zero-order chi connectivity index (χ0) is 14.7. The van der Waals surface area contributed by atoms with E-state index in [0.717, 1.165) is 30.4 Å². The van der Waals surface area contributed by atoms with E-state index in [2.05, 4.69) is 75.4 Å². The summed E-state index contributed by atoms with van der Waals surface area (Å²) in [6.07, 6.45) is 2.22. The van der Waals surface area contributed by atoms with Gasteiger partial charge in [-0.05, 0) is 42.5 Å². The van der Waals surface area contributed by atoms with Gasteiger partial charge in [0.1, 0.15) is 0 Å². The van der Waals surface area contributed by atoms with Gasteiger partial charge in [0.15, 0.2) is 0 Å². The number of hydrogen-bond donors (Lipinski definition) is 1. The lowest BCUT2D eigenvalue weighted by molar-refractivity contribution is 0.374. The molecular weight excluding hydrogens is 324 g/mol. The molecule has 3 heteroatoms. The van der Waals surface area contributed by atoms with Gasteiger partial charge in [0, 0.05) is 29.3 Å². The van der Waals surface area contributed by atoms with Gasteiger partial charge < -0.3 is 10.6 Å². The average molecular weight is 345 g/mol. The first-order chi connectivity index (χ1) is 10.2. The summed E-state index contributed by atoms with van der Waals surface area (Å²) < 4.78 is 1.12. The lowest BCUT2D eigenvalue weighted by atomic mass is 9.89. The highest BCUT2D eigenvalue weighted by atomic mass is 79.9. The number of nitrogens with two attached hydrogens (primary N) is 1. The number of piperidine rings is 1. The van der Waals surface area contributed by atoms with Crippen LogP contribution in [0.25, 0.3) is 0 Å². The standard InChI is InChI=1S/C18H21BrN2/c19-16-7-4-8-18(11-16)21-12-15(10-17(20)13-21)9-14-5-2-1-3-6-14/h1-8,11,15,17H,9-10,12-13,20H2. The third-order valence-electron chi connectivity index (χ3n) is 4.11. The van der Waals surface area contributed by atoms with E-state index in [1.165, 1.54) is 11.3 Å². The Hall–Kier alpha value is -1.32. The van der Waals surface area contributed by atoms with Crippen molar-refractivity contribution < 1.29 is 0 Å². The van der Waals surface area contributed by atoms with Crippen LogP contribution in [0, 0.1) is 5.92 Å². The number of anilines is 1. The molecule has 0 aromatic heterocycles. The van der Waals surface area contributed by atoms with Crippen LogP contribution in [-0.4, -0.2) is 19.1 Å². The number of halogens is 1. The second kappa shape index (κ2) is 6.63. The predicted molar refractivity (Wildman–Crippen MR) is 92.6 cm³/mol. The zero-order valence-electron chi connectivity index (χ0n) is 12.1. The molecular formula is C18H21BrN2. The topological polar surface area (TPSA) is 29.3 Å². The molecule has 0 radical (unpaired) electrons. The molecule has 1 aliphatic heterocycles. The van der Waals surface area contributed by atoms with Gasteiger partial charge in [0.25, 0.3) is 0 Å². The maximum Gasteiger partial charge on any atom is 0.0378 e. The quantitative estimate of drug-likeness (QED) is 0.916. The second-order valence-electron chi connectivity index (χ2n) is 5.94. The van der Waals surface area contributed by atoms with Gasteiger partial charge in [-0.15, -0.1) is 0 Å². The molecule has 2 nitrogen and oxygen atoms in total. The Morgan fingerprint density at radius 3 is 2.62 bits per heavy atom. The maximum absolute atomic E-state index is 6.29. The normalized spacial score (nSPS) is 22.3. The summed E-state index contributed by atoms with van der Waals surface area (Å²) in [5.74, 6) is 0.620. The molecule has 2 aromatic rings. The molecule has 1 aliphatic rings.